The molecular formula is C21H30O2. The van der Waals surface area contributed by atoms with Crippen LogP contribution < -0.4 is 9.47 Å². The Morgan fingerprint density at radius 2 is 1.17 bits per heavy atom. The second-order valence-electron chi connectivity index (χ2n) is 5.45. The Balaban J connectivity index is 0.000000277. The van der Waals surface area contributed by atoms with Crippen molar-refractivity contribution in [2.24, 2.45) is 0 Å². The Morgan fingerprint density at radius 1 is 0.652 bits per heavy atom. The highest BCUT2D eigenvalue weighted by molar-refractivity contribution is 5.21. The van der Waals surface area contributed by atoms with E-state index in [9.17, 15) is 0 Å². The summed E-state index contributed by atoms with van der Waals surface area (Å²) in [6, 6.07) is 19.7. The van der Waals surface area contributed by atoms with Gasteiger partial charge in [0.05, 0.1) is 13.7 Å². The zero-order valence-electron chi connectivity index (χ0n) is 14.5. The molecule has 0 fully saturated rings. The predicted molar refractivity (Wildman–Crippen MR) is 98.3 cm³/mol. The molecule has 2 aromatic rings. The van der Waals surface area contributed by atoms with Crippen LogP contribution in [0.3, 0.4) is 0 Å². The second kappa shape index (κ2) is 13.7. The van der Waals surface area contributed by atoms with Crippen LogP contribution >= 0.6 is 0 Å². The van der Waals surface area contributed by atoms with Gasteiger partial charge in [0.1, 0.15) is 11.5 Å². The molecule has 23 heavy (non-hydrogen) atoms. The van der Waals surface area contributed by atoms with Crippen LogP contribution in [0.2, 0.25) is 0 Å². The van der Waals surface area contributed by atoms with E-state index in [1.165, 1.54) is 38.5 Å². The summed E-state index contributed by atoms with van der Waals surface area (Å²) in [4.78, 5) is 0. The molecule has 0 aromatic heterocycles. The predicted octanol–water partition coefficient (Wildman–Crippen LogP) is 6.12. The first-order valence-electron chi connectivity index (χ1n) is 8.63. The van der Waals surface area contributed by atoms with Gasteiger partial charge in [0.25, 0.3) is 0 Å². The summed E-state index contributed by atoms with van der Waals surface area (Å²) < 4.78 is 10.5. The number of unbranched alkanes of at least 4 members (excludes halogenated alkanes) is 5. The Bertz CT molecular complexity index is 468. The maximum absolute atomic E-state index is 5.61. The molecule has 0 saturated carbocycles. The molecule has 0 heterocycles. The highest BCUT2D eigenvalue weighted by Crippen LogP contribution is 2.10. The van der Waals surface area contributed by atoms with Crippen molar-refractivity contribution in [2.75, 3.05) is 13.7 Å². The van der Waals surface area contributed by atoms with Crippen molar-refractivity contribution in [3.8, 4) is 11.5 Å². The van der Waals surface area contributed by atoms with Gasteiger partial charge in [-0.25, -0.2) is 0 Å². The van der Waals surface area contributed by atoms with Crippen molar-refractivity contribution in [3.05, 3.63) is 60.7 Å². The SMILES string of the molecule is CCCCCCCCOc1ccccc1.COc1ccccc1. The van der Waals surface area contributed by atoms with E-state index in [0.717, 1.165) is 18.1 Å². The molecule has 0 N–H and O–H groups in total. The third-order valence-corrected chi connectivity index (χ3v) is 3.49. The first-order chi connectivity index (χ1) is 11.4. The van der Waals surface area contributed by atoms with Gasteiger partial charge in [0.15, 0.2) is 0 Å². The van der Waals surface area contributed by atoms with Crippen molar-refractivity contribution < 1.29 is 9.47 Å². The van der Waals surface area contributed by atoms with E-state index in [0.29, 0.717) is 0 Å². The van der Waals surface area contributed by atoms with Gasteiger partial charge in [0.2, 0.25) is 0 Å². The standard InChI is InChI=1S/C14H22O.C7H8O/c1-2-3-4-5-6-10-13-15-14-11-8-7-9-12-14;1-8-7-5-3-2-4-6-7/h7-9,11-12H,2-6,10,13H2,1H3;2-6H,1H3. The summed E-state index contributed by atoms with van der Waals surface area (Å²) in [6.45, 7) is 3.11. The summed E-state index contributed by atoms with van der Waals surface area (Å²) >= 11 is 0. The van der Waals surface area contributed by atoms with E-state index in [4.69, 9.17) is 9.47 Å². The van der Waals surface area contributed by atoms with Gasteiger partial charge in [0, 0.05) is 0 Å². The molecule has 0 aliphatic heterocycles. The van der Waals surface area contributed by atoms with E-state index in [-0.39, 0.29) is 0 Å². The molecule has 0 saturated heterocycles. The van der Waals surface area contributed by atoms with E-state index in [2.05, 4.69) is 6.92 Å². The first-order valence-corrected chi connectivity index (χ1v) is 8.63. The Kier molecular flexibility index (Phi) is 11.4. The topological polar surface area (TPSA) is 18.5 Å². The summed E-state index contributed by atoms with van der Waals surface area (Å²) in [5.74, 6) is 1.90. The third kappa shape index (κ3) is 10.4. The number of methoxy groups -OCH3 is 1. The fourth-order valence-electron chi connectivity index (χ4n) is 2.15. The molecule has 0 spiro atoms. The molecule has 0 aliphatic rings. The van der Waals surface area contributed by atoms with Crippen LogP contribution in [0.5, 0.6) is 11.5 Å². The quantitative estimate of drug-likeness (QED) is 0.519. The molecule has 2 rings (SSSR count). The number of para-hydroxylation sites is 2. The number of ether oxygens (including phenoxy) is 2. The zero-order chi connectivity index (χ0) is 16.6. The maximum atomic E-state index is 5.61. The van der Waals surface area contributed by atoms with Crippen molar-refractivity contribution in [2.45, 2.75) is 45.4 Å². The molecule has 126 valence electrons. The van der Waals surface area contributed by atoms with Crippen LogP contribution in [-0.2, 0) is 0 Å². The lowest BCUT2D eigenvalue weighted by atomic mass is 10.1. The van der Waals surface area contributed by atoms with Gasteiger partial charge in [-0.05, 0) is 30.7 Å². The second-order valence-corrected chi connectivity index (χ2v) is 5.45. The van der Waals surface area contributed by atoms with Crippen molar-refractivity contribution in [1.82, 2.24) is 0 Å². The minimum Gasteiger partial charge on any atom is -0.497 e. The fourth-order valence-corrected chi connectivity index (χ4v) is 2.15. The maximum Gasteiger partial charge on any atom is 0.119 e. The summed E-state index contributed by atoms with van der Waals surface area (Å²) in [5.41, 5.74) is 0. The monoisotopic (exact) mass is 314 g/mol. The van der Waals surface area contributed by atoms with Crippen molar-refractivity contribution in [3.63, 3.8) is 0 Å². The molecule has 0 atom stereocenters. The van der Waals surface area contributed by atoms with Gasteiger partial charge in [-0.1, -0.05) is 75.4 Å². The smallest absolute Gasteiger partial charge is 0.119 e. The van der Waals surface area contributed by atoms with Gasteiger partial charge in [-0.15, -0.1) is 0 Å². The van der Waals surface area contributed by atoms with Crippen LogP contribution in [0.4, 0.5) is 0 Å². The van der Waals surface area contributed by atoms with Gasteiger partial charge >= 0.3 is 0 Å². The molecule has 2 heteroatoms. The molecule has 0 amide bonds. The minimum atomic E-state index is 0.857. The molecule has 0 radical (unpaired) electrons. The lowest BCUT2D eigenvalue weighted by Gasteiger charge is -2.05. The lowest BCUT2D eigenvalue weighted by Crippen LogP contribution is -1.96. The largest absolute Gasteiger partial charge is 0.497 e. The molecule has 0 aliphatic carbocycles. The molecular weight excluding hydrogens is 284 g/mol. The van der Waals surface area contributed by atoms with Crippen LogP contribution in [0.25, 0.3) is 0 Å². The highest BCUT2D eigenvalue weighted by Gasteiger charge is 1.92. The lowest BCUT2D eigenvalue weighted by molar-refractivity contribution is 0.304. The third-order valence-electron chi connectivity index (χ3n) is 3.49. The molecule has 0 unspecified atom stereocenters. The van der Waals surface area contributed by atoms with E-state index >= 15 is 0 Å². The fraction of sp³-hybridized carbons (Fsp3) is 0.429. The van der Waals surface area contributed by atoms with Crippen molar-refractivity contribution in [1.29, 1.82) is 0 Å². The summed E-state index contributed by atoms with van der Waals surface area (Å²) in [5, 5.41) is 0. The van der Waals surface area contributed by atoms with Gasteiger partial charge in [-0.3, -0.25) is 0 Å². The summed E-state index contributed by atoms with van der Waals surface area (Å²) in [6.07, 6.45) is 7.90. The number of hydrogen-bond acceptors (Lipinski definition) is 2. The van der Waals surface area contributed by atoms with E-state index in [1.807, 2.05) is 60.7 Å². The van der Waals surface area contributed by atoms with E-state index in [1.54, 1.807) is 7.11 Å². The van der Waals surface area contributed by atoms with Crippen LogP contribution in [0.1, 0.15) is 45.4 Å². The Hall–Kier alpha value is -1.96. The average molecular weight is 314 g/mol. The van der Waals surface area contributed by atoms with Crippen LogP contribution in [0.15, 0.2) is 60.7 Å². The van der Waals surface area contributed by atoms with Gasteiger partial charge in [-0.2, -0.15) is 0 Å². The highest BCUT2D eigenvalue weighted by atomic mass is 16.5. The zero-order valence-corrected chi connectivity index (χ0v) is 14.5. The average Bonchev–Trinajstić information content (AvgIpc) is 2.63. The summed E-state index contributed by atoms with van der Waals surface area (Å²) in [7, 11) is 1.66. The molecule has 2 aromatic carbocycles. The normalized spacial score (nSPS) is 9.65. The van der Waals surface area contributed by atoms with Crippen LogP contribution in [-0.4, -0.2) is 13.7 Å². The Labute approximate surface area is 141 Å². The minimum absolute atomic E-state index is 0.857. The molecule has 0 bridgehead atoms. The van der Waals surface area contributed by atoms with Gasteiger partial charge < -0.3 is 9.47 Å². The van der Waals surface area contributed by atoms with Crippen molar-refractivity contribution >= 4 is 0 Å². The first kappa shape index (κ1) is 19.1. The van der Waals surface area contributed by atoms with Crippen LogP contribution in [0, 0.1) is 0 Å². The van der Waals surface area contributed by atoms with E-state index < -0.39 is 0 Å². The number of rotatable bonds is 9. The molecule has 2 nitrogen and oxygen atoms in total. The number of hydrogen-bond donors (Lipinski definition) is 0. The Morgan fingerprint density at radius 3 is 1.70 bits per heavy atom. The number of benzene rings is 2.